The minimum absolute atomic E-state index is 0.00507. The lowest BCUT2D eigenvalue weighted by molar-refractivity contribution is 0.476. The number of hydrogen-bond acceptors (Lipinski definition) is 7. The normalized spacial score (nSPS) is 12.5. The SMILES string of the molecule is CCSc1nc(=O)n2/c(=C/c3cc(Cl)c(O)c(Cl)c3)c(-c3ccccc3)c(S(C)(=O)=O)c2n1. The number of aromatic hydroxyl groups is 1. The van der Waals surface area contributed by atoms with Crippen LogP contribution in [0.3, 0.4) is 0 Å². The maximum atomic E-state index is 13.1. The summed E-state index contributed by atoms with van der Waals surface area (Å²) in [6.45, 7) is 1.88. The number of aromatic nitrogens is 3. The zero-order valence-electron chi connectivity index (χ0n) is 17.4. The summed E-state index contributed by atoms with van der Waals surface area (Å²) in [6.07, 6.45) is 2.64. The van der Waals surface area contributed by atoms with Crippen molar-refractivity contribution in [3.05, 3.63) is 73.9 Å². The van der Waals surface area contributed by atoms with Gasteiger partial charge in [-0.25, -0.2) is 22.6 Å². The Morgan fingerprint density at radius 2 is 1.76 bits per heavy atom. The van der Waals surface area contributed by atoms with Crippen LogP contribution in [0.25, 0.3) is 22.9 Å². The molecule has 170 valence electrons. The summed E-state index contributed by atoms with van der Waals surface area (Å²) in [6, 6.07) is 11.8. The zero-order valence-corrected chi connectivity index (χ0v) is 20.6. The fourth-order valence-corrected chi connectivity index (χ4v) is 5.61. The first kappa shape index (κ1) is 23.6. The van der Waals surface area contributed by atoms with Gasteiger partial charge in [-0.2, -0.15) is 4.98 Å². The molecule has 0 bridgehead atoms. The Balaban J connectivity index is 2.26. The Hall–Kier alpha value is -2.59. The van der Waals surface area contributed by atoms with Crippen molar-refractivity contribution in [1.82, 2.24) is 14.4 Å². The van der Waals surface area contributed by atoms with Crippen molar-refractivity contribution in [3.63, 3.8) is 0 Å². The predicted octanol–water partition coefficient (Wildman–Crippen LogP) is 3.83. The quantitative estimate of drug-likeness (QED) is 0.398. The van der Waals surface area contributed by atoms with Gasteiger partial charge in [-0.1, -0.05) is 72.2 Å². The lowest BCUT2D eigenvalue weighted by Crippen LogP contribution is -2.27. The van der Waals surface area contributed by atoms with Gasteiger partial charge >= 0.3 is 5.69 Å². The van der Waals surface area contributed by atoms with Crippen molar-refractivity contribution < 1.29 is 13.5 Å². The van der Waals surface area contributed by atoms with E-state index in [2.05, 4.69) is 9.97 Å². The van der Waals surface area contributed by atoms with Crippen molar-refractivity contribution in [2.75, 3.05) is 12.0 Å². The number of phenols is 1. The van der Waals surface area contributed by atoms with Crippen LogP contribution in [-0.2, 0) is 9.84 Å². The van der Waals surface area contributed by atoms with E-state index in [1.165, 1.54) is 28.3 Å². The highest BCUT2D eigenvalue weighted by molar-refractivity contribution is 7.99. The van der Waals surface area contributed by atoms with E-state index in [-0.39, 0.29) is 36.8 Å². The number of sulfone groups is 1. The lowest BCUT2D eigenvalue weighted by atomic mass is 10.1. The Morgan fingerprint density at radius 1 is 1.12 bits per heavy atom. The number of hydrogen-bond donors (Lipinski definition) is 1. The second-order valence-electron chi connectivity index (χ2n) is 7.09. The molecule has 2 heterocycles. The van der Waals surface area contributed by atoms with E-state index in [1.54, 1.807) is 36.4 Å². The molecule has 2 aromatic heterocycles. The van der Waals surface area contributed by atoms with Gasteiger partial charge in [-0.05, 0) is 35.1 Å². The summed E-state index contributed by atoms with van der Waals surface area (Å²) in [4.78, 5) is 21.5. The fraction of sp³-hybridized carbons (Fsp3) is 0.136. The Kier molecular flexibility index (Phi) is 6.41. The van der Waals surface area contributed by atoms with Gasteiger partial charge in [0.2, 0.25) is 0 Å². The van der Waals surface area contributed by atoms with Crippen LogP contribution in [0.5, 0.6) is 5.75 Å². The van der Waals surface area contributed by atoms with Crippen molar-refractivity contribution in [2.24, 2.45) is 0 Å². The van der Waals surface area contributed by atoms with Crippen LogP contribution in [0.4, 0.5) is 0 Å². The van der Waals surface area contributed by atoms with Gasteiger partial charge in [-0.15, -0.1) is 0 Å². The molecule has 0 saturated heterocycles. The number of thioether (sulfide) groups is 1. The van der Waals surface area contributed by atoms with Crippen LogP contribution in [0.1, 0.15) is 12.5 Å². The summed E-state index contributed by atoms with van der Waals surface area (Å²) < 4.78 is 27.1. The van der Waals surface area contributed by atoms with E-state index in [1.807, 2.05) is 6.92 Å². The molecule has 33 heavy (non-hydrogen) atoms. The lowest BCUT2D eigenvalue weighted by Gasteiger charge is -2.04. The first-order valence-corrected chi connectivity index (χ1v) is 13.3. The molecule has 0 radical (unpaired) electrons. The largest absolute Gasteiger partial charge is 0.505 e. The van der Waals surface area contributed by atoms with E-state index < -0.39 is 15.5 Å². The van der Waals surface area contributed by atoms with Crippen LogP contribution in [-0.4, -0.2) is 39.9 Å². The minimum atomic E-state index is -3.82. The summed E-state index contributed by atoms with van der Waals surface area (Å²) in [7, 11) is -3.82. The standard InChI is InChI=1S/C22H17Cl2N3O4S2/c1-3-32-21-25-20-19(33(2,30)31)17(13-7-5-4-6-8-13)16(27(20)22(29)26-21)11-12-9-14(23)18(28)15(24)10-12/h4-11,28H,3H2,1-2H3/b16-11+. The van der Waals surface area contributed by atoms with E-state index in [9.17, 15) is 18.3 Å². The highest BCUT2D eigenvalue weighted by atomic mass is 35.5. The molecule has 4 rings (SSSR count). The number of rotatable bonds is 5. The molecule has 4 aromatic rings. The van der Waals surface area contributed by atoms with Crippen molar-refractivity contribution in [2.45, 2.75) is 17.0 Å². The molecule has 0 unspecified atom stereocenters. The third-order valence-electron chi connectivity index (χ3n) is 4.77. The maximum absolute atomic E-state index is 13.1. The fourth-order valence-electron chi connectivity index (χ4n) is 3.49. The average Bonchev–Trinajstić information content (AvgIpc) is 3.07. The molecule has 0 aliphatic carbocycles. The molecule has 0 fully saturated rings. The molecular weight excluding hydrogens is 505 g/mol. The van der Waals surface area contributed by atoms with Gasteiger partial charge in [0, 0.05) is 11.8 Å². The van der Waals surface area contributed by atoms with Crippen molar-refractivity contribution in [1.29, 1.82) is 0 Å². The van der Waals surface area contributed by atoms with Crippen LogP contribution >= 0.6 is 35.0 Å². The molecule has 0 aliphatic rings. The Labute approximate surface area is 203 Å². The highest BCUT2D eigenvalue weighted by Gasteiger charge is 2.26. The van der Waals surface area contributed by atoms with Crippen molar-refractivity contribution >= 4 is 56.5 Å². The molecule has 0 aliphatic heterocycles. The Bertz CT molecular complexity index is 1580. The van der Waals surface area contributed by atoms with E-state index in [0.29, 0.717) is 22.4 Å². The monoisotopic (exact) mass is 521 g/mol. The molecule has 0 atom stereocenters. The van der Waals surface area contributed by atoms with Gasteiger partial charge in [-0.3, -0.25) is 0 Å². The van der Waals surface area contributed by atoms with E-state index in [4.69, 9.17) is 23.2 Å². The summed E-state index contributed by atoms with van der Waals surface area (Å²) >= 11 is 13.4. The number of nitrogens with zero attached hydrogens (tertiary/aromatic N) is 3. The highest BCUT2D eigenvalue weighted by Crippen LogP contribution is 2.33. The molecule has 1 N–H and O–H groups in total. The van der Waals surface area contributed by atoms with Gasteiger partial charge in [0.1, 0.15) is 4.90 Å². The number of benzene rings is 2. The molecule has 0 spiro atoms. The van der Waals surface area contributed by atoms with Crippen LogP contribution in [0, 0.1) is 0 Å². The van der Waals surface area contributed by atoms with Gasteiger partial charge in [0.25, 0.3) is 0 Å². The topological polar surface area (TPSA) is 102 Å². The maximum Gasteiger partial charge on any atom is 0.356 e. The van der Waals surface area contributed by atoms with E-state index in [0.717, 1.165) is 6.26 Å². The minimum Gasteiger partial charge on any atom is -0.505 e. The first-order valence-electron chi connectivity index (χ1n) is 9.66. The molecule has 7 nitrogen and oxygen atoms in total. The van der Waals surface area contributed by atoms with Crippen molar-refractivity contribution in [3.8, 4) is 16.9 Å². The number of fused-ring (bicyclic) bond motifs is 1. The molecular formula is C22H17Cl2N3O4S2. The second kappa shape index (κ2) is 8.98. The smallest absolute Gasteiger partial charge is 0.356 e. The number of phenolic OH excluding ortho intramolecular Hbond substituents is 1. The van der Waals surface area contributed by atoms with Gasteiger partial charge in [0.05, 0.1) is 15.4 Å². The van der Waals surface area contributed by atoms with Gasteiger partial charge < -0.3 is 5.11 Å². The summed E-state index contributed by atoms with van der Waals surface area (Å²) in [5, 5.41) is 10.4. The zero-order chi connectivity index (χ0) is 23.9. The summed E-state index contributed by atoms with van der Waals surface area (Å²) in [5.74, 6) is 0.337. The second-order valence-corrected chi connectivity index (χ2v) is 11.1. The Morgan fingerprint density at radius 3 is 2.33 bits per heavy atom. The van der Waals surface area contributed by atoms with Crippen LogP contribution in [0.2, 0.25) is 10.0 Å². The molecule has 0 amide bonds. The van der Waals surface area contributed by atoms with Crippen LogP contribution < -0.4 is 11.0 Å². The average molecular weight is 522 g/mol. The van der Waals surface area contributed by atoms with Gasteiger partial charge in [0.15, 0.2) is 26.4 Å². The predicted molar refractivity (Wildman–Crippen MR) is 131 cm³/mol. The first-order chi connectivity index (χ1) is 15.6. The third-order valence-corrected chi connectivity index (χ3v) is 7.21. The molecule has 11 heteroatoms. The molecule has 0 saturated carbocycles. The van der Waals surface area contributed by atoms with E-state index >= 15 is 0 Å². The van der Waals surface area contributed by atoms with Crippen LogP contribution in [0.15, 0.2) is 57.3 Å². The number of halogens is 2. The third kappa shape index (κ3) is 4.46. The summed E-state index contributed by atoms with van der Waals surface area (Å²) in [5.41, 5.74) is 0.670. The molecule has 2 aromatic carbocycles.